The van der Waals surface area contributed by atoms with E-state index in [1.807, 2.05) is 6.92 Å². The van der Waals surface area contributed by atoms with Crippen molar-refractivity contribution in [2.45, 2.75) is 26.1 Å². The van der Waals surface area contributed by atoms with Gasteiger partial charge in [0.25, 0.3) is 0 Å². The van der Waals surface area contributed by atoms with E-state index in [-0.39, 0.29) is 0 Å². The molecule has 1 N–H and O–H groups in total. The first-order valence-electron chi connectivity index (χ1n) is 4.52. The predicted molar refractivity (Wildman–Crippen MR) is 45.1 cm³/mol. The summed E-state index contributed by atoms with van der Waals surface area (Å²) in [6, 6.07) is 0. The second-order valence-corrected chi connectivity index (χ2v) is 3.05. The minimum absolute atomic E-state index is 0.323. The second kappa shape index (κ2) is 3.85. The third-order valence-corrected chi connectivity index (χ3v) is 2.00. The standard InChI is InChI=1S/C8H13N3O2/c1-2-8-10-7(11-13-8)5-12-6-3-9-4-6/h6,9H,2-5H2,1H3. The molecule has 2 rings (SSSR count). The number of nitrogens with one attached hydrogen (secondary N) is 1. The Morgan fingerprint density at radius 2 is 2.46 bits per heavy atom. The minimum atomic E-state index is 0.323. The number of ether oxygens (including phenoxy) is 1. The summed E-state index contributed by atoms with van der Waals surface area (Å²) < 4.78 is 10.4. The zero-order valence-electron chi connectivity index (χ0n) is 7.62. The van der Waals surface area contributed by atoms with Crippen molar-refractivity contribution in [3.63, 3.8) is 0 Å². The molecule has 1 aromatic heterocycles. The van der Waals surface area contributed by atoms with Crippen LogP contribution in [0.2, 0.25) is 0 Å². The van der Waals surface area contributed by atoms with Gasteiger partial charge in [-0.25, -0.2) is 0 Å². The van der Waals surface area contributed by atoms with Crippen molar-refractivity contribution in [3.05, 3.63) is 11.7 Å². The lowest BCUT2D eigenvalue weighted by Gasteiger charge is -2.26. The number of rotatable bonds is 4. The molecule has 0 radical (unpaired) electrons. The number of hydrogen-bond acceptors (Lipinski definition) is 5. The average Bonchev–Trinajstić information content (AvgIpc) is 2.49. The molecule has 2 heterocycles. The van der Waals surface area contributed by atoms with E-state index in [9.17, 15) is 0 Å². The smallest absolute Gasteiger partial charge is 0.226 e. The van der Waals surface area contributed by atoms with Crippen molar-refractivity contribution in [3.8, 4) is 0 Å². The molecule has 1 aromatic rings. The summed E-state index contributed by atoms with van der Waals surface area (Å²) in [4.78, 5) is 4.14. The van der Waals surface area contributed by atoms with Gasteiger partial charge in [-0.2, -0.15) is 4.98 Å². The molecular weight excluding hydrogens is 170 g/mol. The van der Waals surface area contributed by atoms with Gasteiger partial charge in [0.05, 0.1) is 6.10 Å². The molecular formula is C8H13N3O2. The lowest BCUT2D eigenvalue weighted by Crippen LogP contribution is -2.48. The van der Waals surface area contributed by atoms with Crippen LogP contribution in [0.15, 0.2) is 4.52 Å². The van der Waals surface area contributed by atoms with Crippen LogP contribution in [0.4, 0.5) is 0 Å². The van der Waals surface area contributed by atoms with E-state index in [1.165, 1.54) is 0 Å². The van der Waals surface area contributed by atoms with Crippen molar-refractivity contribution in [1.29, 1.82) is 0 Å². The summed E-state index contributed by atoms with van der Waals surface area (Å²) in [5, 5.41) is 6.91. The number of aromatic nitrogens is 2. The van der Waals surface area contributed by atoms with Crippen LogP contribution in [-0.4, -0.2) is 29.3 Å². The minimum Gasteiger partial charge on any atom is -0.367 e. The SMILES string of the molecule is CCc1nc(COC2CNC2)no1. The van der Waals surface area contributed by atoms with Crippen LogP contribution in [0.5, 0.6) is 0 Å². The lowest BCUT2D eigenvalue weighted by molar-refractivity contribution is 0.00368. The van der Waals surface area contributed by atoms with Gasteiger partial charge in [0.2, 0.25) is 5.89 Å². The summed E-state index contributed by atoms with van der Waals surface area (Å²) >= 11 is 0. The number of hydrogen-bond donors (Lipinski definition) is 1. The van der Waals surface area contributed by atoms with Crippen LogP contribution in [0, 0.1) is 0 Å². The van der Waals surface area contributed by atoms with Gasteiger partial charge in [-0.15, -0.1) is 0 Å². The van der Waals surface area contributed by atoms with E-state index in [1.54, 1.807) is 0 Å². The summed E-state index contributed by atoms with van der Waals surface area (Å²) in [5.41, 5.74) is 0. The molecule has 0 spiro atoms. The van der Waals surface area contributed by atoms with E-state index in [0.717, 1.165) is 19.5 Å². The molecule has 5 nitrogen and oxygen atoms in total. The average molecular weight is 183 g/mol. The molecule has 0 atom stereocenters. The highest BCUT2D eigenvalue weighted by Crippen LogP contribution is 2.04. The fourth-order valence-electron chi connectivity index (χ4n) is 1.06. The van der Waals surface area contributed by atoms with Crippen LogP contribution < -0.4 is 5.32 Å². The maximum atomic E-state index is 5.47. The van der Waals surface area contributed by atoms with Gasteiger partial charge in [-0.3, -0.25) is 0 Å². The van der Waals surface area contributed by atoms with Crippen molar-refractivity contribution < 1.29 is 9.26 Å². The maximum Gasteiger partial charge on any atom is 0.226 e. The van der Waals surface area contributed by atoms with Gasteiger partial charge in [0, 0.05) is 19.5 Å². The Hall–Kier alpha value is -0.940. The molecule has 1 aliphatic heterocycles. The van der Waals surface area contributed by atoms with Gasteiger partial charge >= 0.3 is 0 Å². The van der Waals surface area contributed by atoms with Crippen LogP contribution in [0.25, 0.3) is 0 Å². The summed E-state index contributed by atoms with van der Waals surface area (Å²) in [6.07, 6.45) is 1.10. The zero-order chi connectivity index (χ0) is 9.10. The third kappa shape index (κ3) is 2.05. The van der Waals surface area contributed by atoms with Gasteiger partial charge in [-0.05, 0) is 0 Å². The molecule has 1 fully saturated rings. The van der Waals surface area contributed by atoms with Crippen molar-refractivity contribution in [2.75, 3.05) is 13.1 Å². The fourth-order valence-corrected chi connectivity index (χ4v) is 1.06. The van der Waals surface area contributed by atoms with E-state index in [2.05, 4.69) is 15.5 Å². The van der Waals surface area contributed by atoms with Crippen LogP contribution in [-0.2, 0) is 17.8 Å². The Kier molecular flexibility index (Phi) is 2.56. The molecule has 72 valence electrons. The van der Waals surface area contributed by atoms with Gasteiger partial charge in [-0.1, -0.05) is 12.1 Å². The highest BCUT2D eigenvalue weighted by atomic mass is 16.5. The van der Waals surface area contributed by atoms with E-state index in [4.69, 9.17) is 9.26 Å². The highest BCUT2D eigenvalue weighted by molar-refractivity contribution is 4.84. The van der Waals surface area contributed by atoms with E-state index >= 15 is 0 Å². The molecule has 0 saturated carbocycles. The fraction of sp³-hybridized carbons (Fsp3) is 0.750. The molecule has 0 amide bonds. The van der Waals surface area contributed by atoms with Crippen LogP contribution in [0.1, 0.15) is 18.6 Å². The van der Waals surface area contributed by atoms with Gasteiger partial charge in [0.1, 0.15) is 6.61 Å². The molecule has 5 heteroatoms. The van der Waals surface area contributed by atoms with E-state index in [0.29, 0.717) is 24.4 Å². The summed E-state index contributed by atoms with van der Waals surface area (Å²) in [5.74, 6) is 1.31. The van der Waals surface area contributed by atoms with Crippen molar-refractivity contribution >= 4 is 0 Å². The second-order valence-electron chi connectivity index (χ2n) is 3.05. The summed E-state index contributed by atoms with van der Waals surface area (Å²) in [7, 11) is 0. The molecule has 0 unspecified atom stereocenters. The number of aryl methyl sites for hydroxylation is 1. The van der Waals surface area contributed by atoms with Crippen LogP contribution in [0.3, 0.4) is 0 Å². The molecule has 13 heavy (non-hydrogen) atoms. The maximum absolute atomic E-state index is 5.47. The Morgan fingerprint density at radius 3 is 3.00 bits per heavy atom. The Morgan fingerprint density at radius 1 is 1.62 bits per heavy atom. The quantitative estimate of drug-likeness (QED) is 0.718. The summed E-state index contributed by atoms with van der Waals surface area (Å²) in [6.45, 7) is 4.29. The van der Waals surface area contributed by atoms with Gasteiger partial charge < -0.3 is 14.6 Å². The highest BCUT2D eigenvalue weighted by Gasteiger charge is 2.17. The van der Waals surface area contributed by atoms with Gasteiger partial charge in [0.15, 0.2) is 5.82 Å². The molecule has 0 aliphatic carbocycles. The normalized spacial score (nSPS) is 17.3. The first-order chi connectivity index (χ1) is 6.38. The lowest BCUT2D eigenvalue weighted by atomic mass is 10.2. The molecule has 0 aromatic carbocycles. The third-order valence-electron chi connectivity index (χ3n) is 2.00. The first-order valence-corrected chi connectivity index (χ1v) is 4.52. The molecule has 1 aliphatic rings. The Labute approximate surface area is 76.5 Å². The molecule has 0 bridgehead atoms. The molecule has 1 saturated heterocycles. The zero-order valence-corrected chi connectivity index (χ0v) is 7.62. The Balaban J connectivity index is 1.79. The van der Waals surface area contributed by atoms with Crippen molar-refractivity contribution in [2.24, 2.45) is 0 Å². The number of nitrogens with zero attached hydrogens (tertiary/aromatic N) is 2. The largest absolute Gasteiger partial charge is 0.367 e. The van der Waals surface area contributed by atoms with Crippen molar-refractivity contribution in [1.82, 2.24) is 15.5 Å². The topological polar surface area (TPSA) is 60.2 Å². The van der Waals surface area contributed by atoms with E-state index < -0.39 is 0 Å². The monoisotopic (exact) mass is 183 g/mol. The Bertz CT molecular complexity index is 270. The predicted octanol–water partition coefficient (Wildman–Crippen LogP) is 0.120. The first kappa shape index (κ1) is 8.65. The van der Waals surface area contributed by atoms with Crippen LogP contribution >= 0.6 is 0 Å².